The van der Waals surface area contributed by atoms with Crippen molar-refractivity contribution in [2.75, 3.05) is 13.1 Å². The Hall–Kier alpha value is -1.06. The largest absolute Gasteiger partial charge is 0.481 e. The first-order chi connectivity index (χ1) is 8.61. The van der Waals surface area contributed by atoms with E-state index in [1.807, 2.05) is 11.8 Å². The minimum atomic E-state index is -0.806. The van der Waals surface area contributed by atoms with E-state index in [1.165, 1.54) is 0 Å². The lowest BCUT2D eigenvalue weighted by Gasteiger charge is -2.32. The highest BCUT2D eigenvalue weighted by Gasteiger charge is 2.37. The number of nitrogens with zero attached hydrogens (tertiary/aromatic N) is 1. The van der Waals surface area contributed by atoms with Gasteiger partial charge in [-0.15, -0.1) is 0 Å². The van der Waals surface area contributed by atoms with Crippen LogP contribution >= 0.6 is 0 Å². The minimum Gasteiger partial charge on any atom is -0.481 e. The lowest BCUT2D eigenvalue weighted by molar-refractivity contribution is -0.152. The van der Waals surface area contributed by atoms with Crippen molar-refractivity contribution in [2.45, 2.75) is 52.4 Å². The summed E-state index contributed by atoms with van der Waals surface area (Å²) < 4.78 is 0. The van der Waals surface area contributed by atoms with Gasteiger partial charge in [0.25, 0.3) is 0 Å². The molecule has 104 valence electrons. The molecule has 2 atom stereocenters. The highest BCUT2D eigenvalue weighted by atomic mass is 16.4. The monoisotopic (exact) mass is 255 g/mol. The summed E-state index contributed by atoms with van der Waals surface area (Å²) in [6.07, 6.45) is 5.34. The molecule has 0 spiro atoms. The topological polar surface area (TPSA) is 57.6 Å². The Labute approximate surface area is 109 Å². The first kappa shape index (κ1) is 15.0. The summed E-state index contributed by atoms with van der Waals surface area (Å²) in [5, 5.41) is 9.22. The van der Waals surface area contributed by atoms with Crippen LogP contribution in [-0.2, 0) is 9.59 Å². The summed E-state index contributed by atoms with van der Waals surface area (Å²) in [6.45, 7) is 5.50. The van der Waals surface area contributed by atoms with E-state index in [2.05, 4.69) is 6.92 Å². The smallest absolute Gasteiger partial charge is 0.307 e. The number of aliphatic carboxylic acids is 1. The van der Waals surface area contributed by atoms with Crippen molar-refractivity contribution in [1.82, 2.24) is 4.90 Å². The zero-order valence-corrected chi connectivity index (χ0v) is 11.5. The maximum absolute atomic E-state index is 12.4. The summed E-state index contributed by atoms with van der Waals surface area (Å²) in [4.78, 5) is 25.5. The van der Waals surface area contributed by atoms with E-state index in [4.69, 9.17) is 0 Å². The summed E-state index contributed by atoms with van der Waals surface area (Å²) in [6, 6.07) is 0. The molecule has 1 aliphatic rings. The second-order valence-electron chi connectivity index (χ2n) is 5.11. The molecule has 0 bridgehead atoms. The molecule has 1 fully saturated rings. The Morgan fingerprint density at radius 2 is 1.78 bits per heavy atom. The number of carboxylic acid groups (broad SMARTS) is 1. The van der Waals surface area contributed by atoms with Gasteiger partial charge in [-0.25, -0.2) is 0 Å². The van der Waals surface area contributed by atoms with Crippen LogP contribution < -0.4 is 0 Å². The highest BCUT2D eigenvalue weighted by Crippen LogP contribution is 2.31. The average molecular weight is 255 g/mol. The molecule has 1 amide bonds. The summed E-state index contributed by atoms with van der Waals surface area (Å²) in [7, 11) is 0. The maximum atomic E-state index is 12.4. The third kappa shape index (κ3) is 3.72. The van der Waals surface area contributed by atoms with Gasteiger partial charge in [-0.05, 0) is 26.2 Å². The van der Waals surface area contributed by atoms with Crippen LogP contribution in [0.5, 0.6) is 0 Å². The van der Waals surface area contributed by atoms with Crippen LogP contribution in [0.1, 0.15) is 52.4 Å². The van der Waals surface area contributed by atoms with Gasteiger partial charge < -0.3 is 10.0 Å². The van der Waals surface area contributed by atoms with Gasteiger partial charge in [-0.2, -0.15) is 0 Å². The van der Waals surface area contributed by atoms with E-state index < -0.39 is 11.9 Å². The van der Waals surface area contributed by atoms with Gasteiger partial charge in [-0.3, -0.25) is 9.59 Å². The number of hydrogen-bond donors (Lipinski definition) is 1. The van der Waals surface area contributed by atoms with Crippen LogP contribution in [0, 0.1) is 11.8 Å². The summed E-state index contributed by atoms with van der Waals surface area (Å²) in [5.74, 6) is -1.52. The van der Waals surface area contributed by atoms with Gasteiger partial charge in [-0.1, -0.05) is 26.2 Å². The Morgan fingerprint density at radius 1 is 1.17 bits per heavy atom. The van der Waals surface area contributed by atoms with Crippen LogP contribution in [0.3, 0.4) is 0 Å². The van der Waals surface area contributed by atoms with E-state index in [9.17, 15) is 14.7 Å². The van der Waals surface area contributed by atoms with E-state index in [1.54, 1.807) is 0 Å². The highest BCUT2D eigenvalue weighted by molar-refractivity contribution is 5.85. The van der Waals surface area contributed by atoms with Gasteiger partial charge in [0.15, 0.2) is 0 Å². The van der Waals surface area contributed by atoms with Gasteiger partial charge in [0.05, 0.1) is 11.8 Å². The normalized spacial score (nSPS) is 23.7. The van der Waals surface area contributed by atoms with Gasteiger partial charge in [0.2, 0.25) is 5.91 Å². The number of hydrogen-bond acceptors (Lipinski definition) is 2. The Kier molecular flexibility index (Phi) is 6.16. The van der Waals surface area contributed by atoms with Crippen molar-refractivity contribution in [3.8, 4) is 0 Å². The molecule has 0 aliphatic heterocycles. The van der Waals surface area contributed by atoms with Crippen LogP contribution in [-0.4, -0.2) is 35.0 Å². The molecule has 4 heteroatoms. The Balaban J connectivity index is 2.68. The lowest BCUT2D eigenvalue weighted by atomic mass is 9.78. The van der Waals surface area contributed by atoms with E-state index in [0.717, 1.165) is 38.6 Å². The molecule has 4 nitrogen and oxygen atoms in total. The zero-order valence-electron chi connectivity index (χ0n) is 11.5. The molecule has 0 saturated heterocycles. The summed E-state index contributed by atoms with van der Waals surface area (Å²) in [5.41, 5.74) is 0. The quantitative estimate of drug-likeness (QED) is 0.793. The third-order valence-corrected chi connectivity index (χ3v) is 3.88. The number of carbonyl (C=O) groups excluding carboxylic acids is 1. The third-order valence-electron chi connectivity index (χ3n) is 3.88. The second-order valence-corrected chi connectivity index (χ2v) is 5.11. The molecule has 1 saturated carbocycles. The van der Waals surface area contributed by atoms with Crippen molar-refractivity contribution < 1.29 is 14.7 Å². The standard InChI is InChI=1S/C14H25NO3/c1-3-5-10-15(4-2)13(16)11-8-6-7-9-12(11)14(17)18/h11-12H,3-10H2,1-2H3,(H,17,18). The van der Waals surface area contributed by atoms with Gasteiger partial charge >= 0.3 is 5.97 Å². The molecule has 0 aromatic carbocycles. The first-order valence-corrected chi connectivity index (χ1v) is 7.13. The number of unbranched alkanes of at least 4 members (excludes halogenated alkanes) is 1. The predicted octanol–water partition coefficient (Wildman–Crippen LogP) is 2.53. The van der Waals surface area contributed by atoms with Gasteiger partial charge in [0.1, 0.15) is 0 Å². The van der Waals surface area contributed by atoms with Crippen molar-refractivity contribution in [2.24, 2.45) is 11.8 Å². The molecular weight excluding hydrogens is 230 g/mol. The van der Waals surface area contributed by atoms with Crippen molar-refractivity contribution in [3.63, 3.8) is 0 Å². The van der Waals surface area contributed by atoms with Gasteiger partial charge in [0, 0.05) is 13.1 Å². The van der Waals surface area contributed by atoms with Crippen LogP contribution in [0.25, 0.3) is 0 Å². The second kappa shape index (κ2) is 7.39. The zero-order chi connectivity index (χ0) is 13.5. The Morgan fingerprint density at radius 3 is 2.28 bits per heavy atom. The lowest BCUT2D eigenvalue weighted by Crippen LogP contribution is -2.42. The van der Waals surface area contributed by atoms with E-state index in [-0.39, 0.29) is 11.8 Å². The van der Waals surface area contributed by atoms with Crippen molar-refractivity contribution >= 4 is 11.9 Å². The first-order valence-electron chi connectivity index (χ1n) is 7.13. The molecule has 0 aromatic rings. The SMILES string of the molecule is CCCCN(CC)C(=O)C1CCCCC1C(=O)O. The van der Waals surface area contributed by atoms with Crippen LogP contribution in [0.4, 0.5) is 0 Å². The Bertz CT molecular complexity index is 291. The number of amides is 1. The molecule has 1 N–H and O–H groups in total. The molecular formula is C14H25NO3. The molecule has 1 aliphatic carbocycles. The number of carboxylic acids is 1. The molecule has 0 heterocycles. The fourth-order valence-corrected chi connectivity index (χ4v) is 2.73. The minimum absolute atomic E-state index is 0.0538. The molecule has 0 aromatic heterocycles. The van der Waals surface area contributed by atoms with Crippen LogP contribution in [0.15, 0.2) is 0 Å². The predicted molar refractivity (Wildman–Crippen MR) is 70.2 cm³/mol. The van der Waals surface area contributed by atoms with E-state index >= 15 is 0 Å². The number of carbonyl (C=O) groups is 2. The van der Waals surface area contributed by atoms with Crippen LogP contribution in [0.2, 0.25) is 0 Å². The molecule has 18 heavy (non-hydrogen) atoms. The van der Waals surface area contributed by atoms with Crippen molar-refractivity contribution in [1.29, 1.82) is 0 Å². The fraction of sp³-hybridized carbons (Fsp3) is 0.857. The number of rotatable bonds is 6. The van der Waals surface area contributed by atoms with Crippen molar-refractivity contribution in [3.05, 3.63) is 0 Å². The molecule has 1 rings (SSSR count). The maximum Gasteiger partial charge on any atom is 0.307 e. The molecule has 0 radical (unpaired) electrons. The molecule has 2 unspecified atom stereocenters. The fourth-order valence-electron chi connectivity index (χ4n) is 2.73. The summed E-state index contributed by atoms with van der Waals surface area (Å²) >= 11 is 0. The average Bonchev–Trinajstić information content (AvgIpc) is 2.39. The van der Waals surface area contributed by atoms with E-state index in [0.29, 0.717) is 13.0 Å².